The van der Waals surface area contributed by atoms with Gasteiger partial charge in [0, 0.05) is 24.9 Å². The smallest absolute Gasteiger partial charge is 0.184 e. The Labute approximate surface area is 166 Å². The van der Waals surface area contributed by atoms with E-state index in [2.05, 4.69) is 44.6 Å². The lowest BCUT2D eigenvalue weighted by Gasteiger charge is -2.27. The molecule has 0 bridgehead atoms. The molecular weight excluding hydrogens is 376 g/mol. The molecule has 1 fully saturated rings. The predicted molar refractivity (Wildman–Crippen MR) is 112 cm³/mol. The number of anilines is 1. The second-order valence-corrected chi connectivity index (χ2v) is 9.14. The van der Waals surface area contributed by atoms with Crippen LogP contribution in [0.3, 0.4) is 0 Å². The Kier molecular flexibility index (Phi) is 4.67. The first-order valence-corrected chi connectivity index (χ1v) is 11.2. The molecule has 1 aliphatic heterocycles. The number of benzene rings is 1. The van der Waals surface area contributed by atoms with Crippen molar-refractivity contribution in [2.75, 3.05) is 5.32 Å². The summed E-state index contributed by atoms with van der Waals surface area (Å²) in [5.74, 6) is 0. The minimum atomic E-state index is -0.263. The van der Waals surface area contributed by atoms with Crippen LogP contribution < -0.4 is 5.32 Å². The van der Waals surface area contributed by atoms with Crippen molar-refractivity contribution in [2.45, 2.75) is 56.0 Å². The zero-order valence-electron chi connectivity index (χ0n) is 15.0. The quantitative estimate of drug-likeness (QED) is 0.681. The van der Waals surface area contributed by atoms with Gasteiger partial charge in [-0.25, -0.2) is 9.97 Å². The van der Waals surface area contributed by atoms with Crippen LogP contribution >= 0.6 is 23.1 Å². The lowest BCUT2D eigenvalue weighted by atomic mass is 9.93. The van der Waals surface area contributed by atoms with Gasteiger partial charge in [0.2, 0.25) is 0 Å². The van der Waals surface area contributed by atoms with E-state index in [1.54, 1.807) is 23.1 Å². The van der Waals surface area contributed by atoms with E-state index < -0.39 is 0 Å². The van der Waals surface area contributed by atoms with E-state index in [1.807, 2.05) is 6.20 Å². The summed E-state index contributed by atoms with van der Waals surface area (Å²) in [7, 11) is 0. The number of allylic oxidation sites excluding steroid dienone is 1. The van der Waals surface area contributed by atoms with Gasteiger partial charge in [-0.05, 0) is 35.9 Å². The minimum absolute atomic E-state index is 0.127. The van der Waals surface area contributed by atoms with E-state index in [9.17, 15) is 5.11 Å². The van der Waals surface area contributed by atoms with Gasteiger partial charge in [0.15, 0.2) is 10.3 Å². The Hall–Kier alpha value is -1.83. The van der Waals surface area contributed by atoms with E-state index in [1.165, 1.54) is 22.4 Å². The summed E-state index contributed by atoms with van der Waals surface area (Å²) in [5, 5.41) is 17.7. The molecule has 0 radical (unpaired) electrons. The molecule has 7 heteroatoms. The van der Waals surface area contributed by atoms with Crippen molar-refractivity contribution in [3.05, 3.63) is 47.1 Å². The standard InChI is InChI=1S/C20H22N4OS2/c25-17-5-2-1-4-15(17)22-19-23-16-7-6-13(11-18(16)27-19)10-14-12-21-20-24(14)8-3-9-26-20/h3,6-7,9,11-12,15,17,25H,1-2,4-5,8,10H2,(H,22,23)/t15-,17-/m1/s1. The molecule has 140 valence electrons. The van der Waals surface area contributed by atoms with Crippen LogP contribution in [-0.4, -0.2) is 31.8 Å². The Morgan fingerprint density at radius 1 is 1.26 bits per heavy atom. The molecule has 2 aromatic heterocycles. The molecular formula is C20H22N4OS2. The Morgan fingerprint density at radius 2 is 2.19 bits per heavy atom. The lowest BCUT2D eigenvalue weighted by Crippen LogP contribution is -2.36. The number of hydrogen-bond donors (Lipinski definition) is 2. The molecule has 0 saturated heterocycles. The van der Waals surface area contributed by atoms with Gasteiger partial charge in [-0.15, -0.1) is 0 Å². The van der Waals surface area contributed by atoms with Crippen molar-refractivity contribution in [2.24, 2.45) is 0 Å². The second-order valence-electron chi connectivity index (χ2n) is 7.23. The van der Waals surface area contributed by atoms with Gasteiger partial charge in [-0.2, -0.15) is 0 Å². The van der Waals surface area contributed by atoms with Crippen molar-refractivity contribution in [3.63, 3.8) is 0 Å². The second kappa shape index (κ2) is 7.30. The third kappa shape index (κ3) is 3.51. The van der Waals surface area contributed by atoms with Gasteiger partial charge in [0.25, 0.3) is 0 Å². The number of thioether (sulfide) groups is 1. The van der Waals surface area contributed by atoms with Crippen LogP contribution in [0.15, 0.2) is 41.0 Å². The molecule has 5 nitrogen and oxygen atoms in total. The maximum absolute atomic E-state index is 10.2. The Balaban J connectivity index is 1.35. The minimum Gasteiger partial charge on any atom is -0.391 e. The van der Waals surface area contributed by atoms with E-state index in [0.29, 0.717) is 0 Å². The molecule has 5 rings (SSSR count). The van der Waals surface area contributed by atoms with Crippen LogP contribution in [0.4, 0.5) is 5.13 Å². The molecule has 2 aliphatic rings. The molecule has 2 atom stereocenters. The number of aromatic nitrogens is 3. The lowest BCUT2D eigenvalue weighted by molar-refractivity contribution is 0.116. The topological polar surface area (TPSA) is 63.0 Å². The maximum Gasteiger partial charge on any atom is 0.184 e. The van der Waals surface area contributed by atoms with Crippen LogP contribution in [-0.2, 0) is 13.0 Å². The Morgan fingerprint density at radius 3 is 3.11 bits per heavy atom. The van der Waals surface area contributed by atoms with Gasteiger partial charge in [-0.3, -0.25) is 0 Å². The molecule has 0 amide bonds. The van der Waals surface area contributed by atoms with E-state index >= 15 is 0 Å². The molecule has 1 aromatic carbocycles. The number of nitrogens with zero attached hydrogens (tertiary/aromatic N) is 3. The van der Waals surface area contributed by atoms with Crippen molar-refractivity contribution < 1.29 is 5.11 Å². The number of rotatable bonds is 4. The molecule has 0 spiro atoms. The fraction of sp³-hybridized carbons (Fsp3) is 0.400. The monoisotopic (exact) mass is 398 g/mol. The zero-order valence-corrected chi connectivity index (χ0v) is 16.6. The highest BCUT2D eigenvalue weighted by molar-refractivity contribution is 8.02. The summed E-state index contributed by atoms with van der Waals surface area (Å²) in [6.07, 6.45) is 8.97. The number of nitrogens with one attached hydrogen (secondary N) is 1. The summed E-state index contributed by atoms with van der Waals surface area (Å²) in [4.78, 5) is 9.24. The van der Waals surface area contributed by atoms with E-state index in [0.717, 1.165) is 48.0 Å². The van der Waals surface area contributed by atoms with Crippen LogP contribution in [0.1, 0.15) is 36.9 Å². The molecule has 1 saturated carbocycles. The van der Waals surface area contributed by atoms with Crippen molar-refractivity contribution in [3.8, 4) is 0 Å². The number of aliphatic hydroxyl groups is 1. The highest BCUT2D eigenvalue weighted by atomic mass is 32.2. The van der Waals surface area contributed by atoms with Gasteiger partial charge in [0.05, 0.1) is 22.4 Å². The average Bonchev–Trinajstić information content (AvgIpc) is 3.27. The highest BCUT2D eigenvalue weighted by Crippen LogP contribution is 2.31. The number of imidazole rings is 1. The predicted octanol–water partition coefficient (Wildman–Crippen LogP) is 4.42. The van der Waals surface area contributed by atoms with Gasteiger partial charge >= 0.3 is 0 Å². The zero-order chi connectivity index (χ0) is 18.2. The average molecular weight is 399 g/mol. The van der Waals surface area contributed by atoms with Crippen LogP contribution in [0.2, 0.25) is 0 Å². The molecule has 27 heavy (non-hydrogen) atoms. The molecule has 3 aromatic rings. The van der Waals surface area contributed by atoms with Crippen LogP contribution in [0.25, 0.3) is 10.2 Å². The van der Waals surface area contributed by atoms with Crippen molar-refractivity contribution in [1.82, 2.24) is 14.5 Å². The van der Waals surface area contributed by atoms with E-state index in [4.69, 9.17) is 4.98 Å². The first-order chi connectivity index (χ1) is 13.3. The largest absolute Gasteiger partial charge is 0.391 e. The third-order valence-corrected chi connectivity index (χ3v) is 7.15. The highest BCUT2D eigenvalue weighted by Gasteiger charge is 2.23. The van der Waals surface area contributed by atoms with Crippen molar-refractivity contribution in [1.29, 1.82) is 0 Å². The number of aliphatic hydroxyl groups excluding tert-OH is 1. The Bertz CT molecular complexity index is 993. The molecule has 3 heterocycles. The molecule has 0 unspecified atom stereocenters. The van der Waals surface area contributed by atoms with Gasteiger partial charge < -0.3 is 15.0 Å². The normalized spacial score (nSPS) is 22.1. The SMILES string of the molecule is O[C@@H]1CCCC[C@H]1Nc1nc2ccc(Cc3cnc4n3CC=CS4)cc2s1. The van der Waals surface area contributed by atoms with E-state index in [-0.39, 0.29) is 12.1 Å². The van der Waals surface area contributed by atoms with Crippen molar-refractivity contribution >= 4 is 38.4 Å². The summed E-state index contributed by atoms with van der Waals surface area (Å²) in [6.45, 7) is 0.901. The number of hydrogen-bond acceptors (Lipinski definition) is 6. The number of fused-ring (bicyclic) bond motifs is 2. The summed E-state index contributed by atoms with van der Waals surface area (Å²) >= 11 is 3.35. The first-order valence-electron chi connectivity index (χ1n) is 9.46. The molecule has 1 aliphatic carbocycles. The maximum atomic E-state index is 10.2. The summed E-state index contributed by atoms with van der Waals surface area (Å²) < 4.78 is 3.46. The fourth-order valence-corrected chi connectivity index (χ4v) is 5.60. The van der Waals surface area contributed by atoms with Gasteiger partial charge in [0.1, 0.15) is 0 Å². The molecule has 2 N–H and O–H groups in total. The fourth-order valence-electron chi connectivity index (χ4n) is 3.87. The van der Waals surface area contributed by atoms with Crippen LogP contribution in [0, 0.1) is 0 Å². The first kappa shape index (κ1) is 17.3. The summed E-state index contributed by atoms with van der Waals surface area (Å²) in [5.41, 5.74) is 3.54. The number of thiazole rings is 1. The summed E-state index contributed by atoms with van der Waals surface area (Å²) in [6, 6.07) is 6.63. The van der Waals surface area contributed by atoms with Crippen LogP contribution in [0.5, 0.6) is 0 Å². The van der Waals surface area contributed by atoms with Gasteiger partial charge in [-0.1, -0.05) is 48.1 Å². The third-order valence-electron chi connectivity index (χ3n) is 5.34.